The summed E-state index contributed by atoms with van der Waals surface area (Å²) in [6.07, 6.45) is 3.56. The number of carbonyl (C=O) groups is 20. The van der Waals surface area contributed by atoms with Crippen LogP contribution in [0.4, 0.5) is 0 Å². The standard InChI is InChI=1S/C91H134N28O25/c1-8-48(6)74(118-75(128)49(7)105-79(132)62(32-52-38-97-43-102-52)115-88(141)69-20-15-27-119(69)71(123)41-101-77(130)59(28-46(2)3)109-80(133)60(29-47(4)5)108-76(129)56(93)30-51-21-23-55(121)24-22-51)89(142)116-67(37-73(126)127)86(139)113-65(35-70(94)122)84(137)112-63(33-53-39-98-44-103-53)82(135)106-57(19-14-26-100-91(95)96)78(131)117-68(42-120)87(140)110-61(31-50-16-10-9-11-17-50)81(134)111-64(34-54-40-99-45-104-54)83(136)114-66(36-72(124)125)85(138)107-58(90(143)144)18-12-13-25-92/h9-11,16-17,21-24,38-40,43-49,56-69,74,120-121H,8,12-15,18-20,25-37,41-42,92-93H2,1-7H3,(H2,94,122)(H,97,102)(H,98,103)(H,99,104)(H,101,130)(H,105,132)(H,106,135)(H,107,138)(H,108,129)(H,109,133)(H,110,140)(H,111,134)(H,112,137)(H,113,139)(H,114,136)(H,115,141)(H,116,142)(H,117,131)(H,118,128)(H,124,125)(H,126,127)(H,143,144)(H4,95,96,100)/t48-,49-,56-,57-,58-,59-,60-,61-,62-,63-,64-,65-,66-,67-,68-,69-,74-/m0/s1. The summed E-state index contributed by atoms with van der Waals surface area (Å²) in [5, 5.41) is 97.3. The number of carbonyl (C=O) groups excluding carboxylic acids is 17. The Morgan fingerprint density at radius 2 is 0.868 bits per heavy atom. The van der Waals surface area contributed by atoms with Gasteiger partial charge in [0.1, 0.15) is 96.4 Å². The van der Waals surface area contributed by atoms with E-state index in [1.54, 1.807) is 63.2 Å². The Kier molecular flexibility index (Phi) is 48.2. The lowest BCUT2D eigenvalue weighted by Gasteiger charge is -2.29. The Labute approximate surface area is 827 Å². The molecule has 2 aromatic carbocycles. The van der Waals surface area contributed by atoms with Crippen molar-refractivity contribution in [2.75, 3.05) is 32.8 Å². The predicted octanol–water partition coefficient (Wildman–Crippen LogP) is -7.25. The van der Waals surface area contributed by atoms with E-state index in [1.807, 2.05) is 13.8 Å². The highest BCUT2D eigenvalue weighted by Gasteiger charge is 2.42. The van der Waals surface area contributed by atoms with Gasteiger partial charge in [0.05, 0.1) is 74.5 Å². The summed E-state index contributed by atoms with van der Waals surface area (Å²) in [6, 6.07) is -12.2. The van der Waals surface area contributed by atoms with Gasteiger partial charge in [-0.25, -0.2) is 19.7 Å². The number of amides is 17. The van der Waals surface area contributed by atoms with Gasteiger partial charge in [0.25, 0.3) is 0 Å². The normalized spacial score (nSPS) is 15.6. The number of unbranched alkanes of at least 4 members (excludes halogenated alkanes) is 1. The number of phenols is 1. The summed E-state index contributed by atoms with van der Waals surface area (Å²) < 4.78 is 0. The van der Waals surface area contributed by atoms with E-state index >= 15 is 0 Å². The number of carboxylic acid groups (broad SMARTS) is 3. The zero-order valence-corrected chi connectivity index (χ0v) is 80.9. The second-order valence-corrected chi connectivity index (χ2v) is 35.7. The maximum Gasteiger partial charge on any atom is 0.326 e. The number of likely N-dealkylation sites (tertiary alicyclic amines) is 1. The highest BCUT2D eigenvalue weighted by molar-refractivity contribution is 6.03. The van der Waals surface area contributed by atoms with Crippen LogP contribution in [-0.2, 0) is 128 Å². The van der Waals surface area contributed by atoms with Crippen LogP contribution in [0.3, 0.4) is 0 Å². The number of guanidine groups is 1. The van der Waals surface area contributed by atoms with Crippen LogP contribution in [0.25, 0.3) is 0 Å². The van der Waals surface area contributed by atoms with Crippen molar-refractivity contribution in [3.63, 3.8) is 0 Å². The first kappa shape index (κ1) is 117. The van der Waals surface area contributed by atoms with Gasteiger partial charge < -0.3 is 153 Å². The highest BCUT2D eigenvalue weighted by Crippen LogP contribution is 2.21. The van der Waals surface area contributed by atoms with E-state index in [9.17, 15) is 121 Å². The summed E-state index contributed by atoms with van der Waals surface area (Å²) in [6.45, 7) is 9.82. The average Bonchev–Trinajstić information content (AvgIpc) is 1.63. The van der Waals surface area contributed by atoms with Crippen molar-refractivity contribution in [1.82, 2.24) is 120 Å². The molecule has 0 spiro atoms. The van der Waals surface area contributed by atoms with Crippen LogP contribution in [0.2, 0.25) is 0 Å². The van der Waals surface area contributed by atoms with Gasteiger partial charge in [-0.1, -0.05) is 90.4 Å². The number of rotatable bonds is 63. The first-order chi connectivity index (χ1) is 68.3. The minimum absolute atomic E-state index is 0.0174. The largest absolute Gasteiger partial charge is 0.508 e. The molecule has 53 nitrogen and oxygen atoms in total. The molecule has 33 N–H and O–H groups in total. The molecule has 0 aliphatic carbocycles. The molecule has 0 bridgehead atoms. The molecule has 0 saturated carbocycles. The number of aliphatic hydroxyl groups excluding tert-OH is 1. The van der Waals surface area contributed by atoms with E-state index < -0.39 is 279 Å². The smallest absolute Gasteiger partial charge is 0.326 e. The fraction of sp³-hybridized carbons (Fsp3) is 0.538. The van der Waals surface area contributed by atoms with E-state index in [2.05, 4.69) is 115 Å². The first-order valence-corrected chi connectivity index (χ1v) is 46.9. The van der Waals surface area contributed by atoms with Crippen molar-refractivity contribution >= 4 is 124 Å². The summed E-state index contributed by atoms with van der Waals surface area (Å²) in [4.78, 5) is 300. The zero-order chi connectivity index (χ0) is 107. The van der Waals surface area contributed by atoms with Crippen LogP contribution >= 0.6 is 0 Å². The minimum atomic E-state index is -2.15. The van der Waals surface area contributed by atoms with Crippen molar-refractivity contribution in [1.29, 1.82) is 5.41 Å². The van der Waals surface area contributed by atoms with Crippen LogP contribution < -0.4 is 108 Å². The Morgan fingerprint density at radius 3 is 1.34 bits per heavy atom. The lowest BCUT2D eigenvalue weighted by atomic mass is 9.97. The van der Waals surface area contributed by atoms with E-state index in [-0.39, 0.29) is 119 Å². The number of nitrogens with one attached hydrogen (secondary N) is 20. The molecule has 3 aromatic heterocycles. The van der Waals surface area contributed by atoms with Gasteiger partial charge >= 0.3 is 17.9 Å². The van der Waals surface area contributed by atoms with Crippen molar-refractivity contribution in [3.8, 4) is 5.75 Å². The van der Waals surface area contributed by atoms with Crippen LogP contribution in [-0.4, -0.2) is 314 Å². The summed E-state index contributed by atoms with van der Waals surface area (Å²) in [7, 11) is 0. The topological polar surface area (TPSA) is 852 Å². The van der Waals surface area contributed by atoms with Gasteiger partial charge in [-0.15, -0.1) is 0 Å². The van der Waals surface area contributed by atoms with Crippen molar-refractivity contribution in [3.05, 3.63) is 120 Å². The fourth-order valence-corrected chi connectivity index (χ4v) is 15.2. The number of benzene rings is 2. The molecule has 6 rings (SSSR count). The molecular formula is C91H134N28O25. The number of nitrogens with zero attached hydrogens (tertiary/aromatic N) is 4. The highest BCUT2D eigenvalue weighted by atomic mass is 16.4. The third-order valence-electron chi connectivity index (χ3n) is 23.0. The Balaban J connectivity index is 1.15. The molecule has 1 fully saturated rings. The van der Waals surface area contributed by atoms with Crippen LogP contribution in [0.1, 0.15) is 160 Å². The average molecular weight is 2020 g/mol. The van der Waals surface area contributed by atoms with Gasteiger partial charge in [-0.3, -0.25) is 96.5 Å². The second-order valence-electron chi connectivity index (χ2n) is 35.7. The number of hydrogen-bond acceptors (Lipinski definition) is 28. The number of aromatic hydroxyl groups is 1. The van der Waals surface area contributed by atoms with Gasteiger partial charge in [-0.05, 0) is 119 Å². The lowest BCUT2D eigenvalue weighted by molar-refractivity contribution is -0.144. The van der Waals surface area contributed by atoms with Crippen LogP contribution in [0, 0.1) is 23.2 Å². The molecule has 1 aliphatic rings. The maximum atomic E-state index is 14.8. The summed E-state index contributed by atoms with van der Waals surface area (Å²) in [5.41, 5.74) is 24.4. The quantitative estimate of drug-likeness (QED) is 0.00977. The number of phenolic OH excluding ortho intramolecular Hbond substituents is 1. The first-order valence-electron chi connectivity index (χ1n) is 46.9. The van der Waals surface area contributed by atoms with Gasteiger partial charge in [-0.2, -0.15) is 0 Å². The van der Waals surface area contributed by atoms with Crippen LogP contribution in [0.15, 0.2) is 92.2 Å². The SMILES string of the molecule is CC[C@H](C)[C@H](NC(=O)[C@H](C)NC(=O)[C@H](Cc1c[nH]cn1)NC(=O)[C@@H]1CCCN1C(=O)CNC(=O)[C@H](CC(C)C)NC(=O)[C@H](CC(C)C)NC(=O)[C@@H](N)Cc1ccc(O)cc1)C(=O)N[C@@H](CC(=O)O)C(=O)N[C@@H](CC(N)=O)C(=O)N[C@@H](Cc1c[nH]cn1)C(=O)N[C@@H](CCCNC(=N)N)C(=O)N[C@@H](CO)C(=O)N[C@@H](Cc1ccccc1)C(=O)N[C@@H](Cc1c[nH]cn1)C(=O)N[C@@H](CC(=O)O)C(=O)N[C@@H](CCCCN)C(=O)O. The number of H-pyrrole nitrogens is 3. The number of primary amides is 1. The van der Waals surface area contributed by atoms with Gasteiger partial charge in [0, 0.05) is 57.4 Å². The molecule has 144 heavy (non-hydrogen) atoms. The maximum absolute atomic E-state index is 14.8. The number of nitrogens with two attached hydrogens (primary N) is 4. The van der Waals surface area contributed by atoms with Crippen molar-refractivity contribution < 1.29 is 121 Å². The number of aliphatic carboxylic acids is 3. The predicted molar refractivity (Wildman–Crippen MR) is 511 cm³/mol. The molecule has 5 aromatic rings. The van der Waals surface area contributed by atoms with E-state index in [4.69, 9.17) is 28.3 Å². The third-order valence-corrected chi connectivity index (χ3v) is 23.0. The summed E-state index contributed by atoms with van der Waals surface area (Å²) >= 11 is 0. The molecule has 1 saturated heterocycles. The van der Waals surface area contributed by atoms with Crippen LogP contribution in [0.5, 0.6) is 5.75 Å². The molecule has 17 atom stereocenters. The second kappa shape index (κ2) is 59.2. The molecular weight excluding hydrogens is 1890 g/mol. The molecule has 0 radical (unpaired) electrons. The number of aliphatic hydroxyl groups is 1. The number of hydrogen-bond donors (Lipinski definition) is 29. The van der Waals surface area contributed by atoms with Crippen molar-refractivity contribution in [2.45, 2.75) is 261 Å². The summed E-state index contributed by atoms with van der Waals surface area (Å²) in [5.74, 6) is -24.6. The Bertz CT molecular complexity index is 5170. The van der Waals surface area contributed by atoms with Crippen molar-refractivity contribution in [2.24, 2.45) is 40.7 Å². The molecule has 1 aliphatic heterocycles. The number of imidazole rings is 3. The fourth-order valence-electron chi connectivity index (χ4n) is 15.2. The number of aromatic amines is 3. The lowest BCUT2D eigenvalue weighted by Crippen LogP contribution is -2.62. The minimum Gasteiger partial charge on any atom is -0.508 e. The third kappa shape index (κ3) is 40.2. The van der Waals surface area contributed by atoms with E-state index in [1.165, 1.54) is 68.5 Å². The van der Waals surface area contributed by atoms with E-state index in [0.717, 1.165) is 0 Å². The number of aromatic nitrogens is 6. The molecule has 0 unspecified atom stereocenters. The monoisotopic (exact) mass is 2020 g/mol. The Hall–Kier alpha value is -15.6. The molecule has 788 valence electrons. The zero-order valence-electron chi connectivity index (χ0n) is 80.9. The van der Waals surface area contributed by atoms with E-state index in [0.29, 0.717) is 24.0 Å². The number of carboxylic acids is 3. The van der Waals surface area contributed by atoms with Gasteiger partial charge in [0.2, 0.25) is 100 Å². The molecule has 4 heterocycles. The molecule has 17 amide bonds. The Morgan fingerprint density at radius 1 is 0.451 bits per heavy atom. The molecule has 53 heteroatoms. The van der Waals surface area contributed by atoms with Gasteiger partial charge in [0.15, 0.2) is 5.96 Å².